The molecule has 32 heavy (non-hydrogen) atoms. The second-order valence-corrected chi connectivity index (χ2v) is 8.57. The fourth-order valence-electron chi connectivity index (χ4n) is 4.25. The summed E-state index contributed by atoms with van der Waals surface area (Å²) in [5.74, 6) is -0.0962. The van der Waals surface area contributed by atoms with Crippen LogP contribution in [0.15, 0.2) is 12.1 Å². The predicted octanol–water partition coefficient (Wildman–Crippen LogP) is 1.68. The quantitative estimate of drug-likeness (QED) is 0.560. The Morgan fingerprint density at radius 3 is 2.72 bits per heavy atom. The highest BCUT2D eigenvalue weighted by atomic mass is 35.5. The molecule has 2 fully saturated rings. The van der Waals surface area contributed by atoms with E-state index in [-0.39, 0.29) is 29.9 Å². The molecule has 9 nitrogen and oxygen atoms in total. The number of methoxy groups -OCH3 is 2. The van der Waals surface area contributed by atoms with Crippen molar-refractivity contribution in [3.05, 3.63) is 22.7 Å². The number of rotatable bonds is 8. The summed E-state index contributed by atoms with van der Waals surface area (Å²) in [6.45, 7) is 2.67. The molecule has 2 atom stereocenters. The standard InChI is InChI=1S/C22H31ClN4O5/c1-31-18-12-16(24)15(23)11-14(18)22(30)25-17-7-10-26(13-19(17)32-2)8-3-5-20(28)27-9-4-6-21(27)29/h11-12,17,19H,3-10,13,24H2,1-2H3,(H,25,30). The lowest BCUT2D eigenvalue weighted by Crippen LogP contribution is -2.55. The summed E-state index contributed by atoms with van der Waals surface area (Å²) in [5, 5.41) is 3.32. The zero-order valence-corrected chi connectivity index (χ0v) is 19.3. The monoisotopic (exact) mass is 466 g/mol. The molecule has 0 saturated carbocycles. The number of benzene rings is 1. The second-order valence-electron chi connectivity index (χ2n) is 8.16. The third kappa shape index (κ3) is 5.70. The normalized spacial score (nSPS) is 21.6. The van der Waals surface area contributed by atoms with E-state index in [1.54, 1.807) is 7.11 Å². The molecule has 2 aliphatic rings. The van der Waals surface area contributed by atoms with Gasteiger partial charge in [-0.3, -0.25) is 19.3 Å². The molecule has 0 radical (unpaired) electrons. The van der Waals surface area contributed by atoms with E-state index in [9.17, 15) is 14.4 Å². The van der Waals surface area contributed by atoms with Crippen LogP contribution in [0, 0.1) is 0 Å². The average molecular weight is 467 g/mol. The van der Waals surface area contributed by atoms with Crippen LogP contribution in [0.1, 0.15) is 42.5 Å². The van der Waals surface area contributed by atoms with Crippen LogP contribution in [-0.2, 0) is 14.3 Å². The van der Waals surface area contributed by atoms with Gasteiger partial charge in [0.15, 0.2) is 0 Å². The molecule has 2 unspecified atom stereocenters. The number of nitrogens with zero attached hydrogens (tertiary/aromatic N) is 2. The number of hydrogen-bond donors (Lipinski definition) is 2. The molecular formula is C22H31ClN4O5. The van der Waals surface area contributed by atoms with Gasteiger partial charge in [-0.1, -0.05) is 11.6 Å². The van der Waals surface area contributed by atoms with Crippen molar-refractivity contribution < 1.29 is 23.9 Å². The van der Waals surface area contributed by atoms with Crippen LogP contribution in [-0.4, -0.2) is 80.1 Å². The largest absolute Gasteiger partial charge is 0.496 e. The number of anilines is 1. The maximum Gasteiger partial charge on any atom is 0.255 e. The lowest BCUT2D eigenvalue weighted by atomic mass is 10.0. The summed E-state index contributed by atoms with van der Waals surface area (Å²) in [4.78, 5) is 40.4. The van der Waals surface area contributed by atoms with Gasteiger partial charge in [-0.2, -0.15) is 0 Å². The zero-order valence-electron chi connectivity index (χ0n) is 18.6. The highest BCUT2D eigenvalue weighted by Gasteiger charge is 2.32. The minimum atomic E-state index is -0.301. The Hall–Kier alpha value is -2.36. The van der Waals surface area contributed by atoms with Gasteiger partial charge in [0.25, 0.3) is 5.91 Å². The van der Waals surface area contributed by atoms with Crippen LogP contribution >= 0.6 is 11.6 Å². The van der Waals surface area contributed by atoms with E-state index >= 15 is 0 Å². The number of amides is 3. The van der Waals surface area contributed by atoms with Gasteiger partial charge >= 0.3 is 0 Å². The molecule has 1 aromatic carbocycles. The van der Waals surface area contributed by atoms with Gasteiger partial charge in [0, 0.05) is 45.7 Å². The third-order valence-corrected chi connectivity index (χ3v) is 6.39. The van der Waals surface area contributed by atoms with E-state index < -0.39 is 0 Å². The smallest absolute Gasteiger partial charge is 0.255 e. The molecule has 0 bridgehead atoms. The van der Waals surface area contributed by atoms with E-state index in [1.807, 2.05) is 0 Å². The number of hydrogen-bond acceptors (Lipinski definition) is 7. The van der Waals surface area contributed by atoms with Crippen molar-refractivity contribution in [1.82, 2.24) is 15.1 Å². The fourth-order valence-corrected chi connectivity index (χ4v) is 4.41. The Bertz CT molecular complexity index is 865. The summed E-state index contributed by atoms with van der Waals surface area (Å²) in [6.07, 6.45) is 2.77. The van der Waals surface area contributed by atoms with Gasteiger partial charge in [-0.25, -0.2) is 0 Å². The highest BCUT2D eigenvalue weighted by molar-refractivity contribution is 6.33. The molecule has 0 aliphatic carbocycles. The molecule has 1 aromatic rings. The number of halogens is 1. The van der Waals surface area contributed by atoms with Crippen LogP contribution in [0.25, 0.3) is 0 Å². The van der Waals surface area contributed by atoms with Crippen molar-refractivity contribution in [3.8, 4) is 5.75 Å². The fraction of sp³-hybridized carbons (Fsp3) is 0.591. The second kappa shape index (κ2) is 11.0. The number of nitrogens with one attached hydrogen (secondary N) is 1. The molecule has 176 valence electrons. The third-order valence-electron chi connectivity index (χ3n) is 6.07. The molecule has 2 saturated heterocycles. The van der Waals surface area contributed by atoms with E-state index in [0.717, 1.165) is 19.5 Å². The van der Waals surface area contributed by atoms with Crippen molar-refractivity contribution in [1.29, 1.82) is 0 Å². The Labute approximate surface area is 193 Å². The van der Waals surface area contributed by atoms with E-state index in [4.69, 9.17) is 26.8 Å². The first-order valence-electron chi connectivity index (χ1n) is 10.9. The summed E-state index contributed by atoms with van der Waals surface area (Å²) >= 11 is 6.09. The molecule has 0 spiro atoms. The number of piperidine rings is 1. The molecule has 3 amide bonds. The van der Waals surface area contributed by atoms with Crippen LogP contribution in [0.5, 0.6) is 5.75 Å². The molecule has 3 rings (SSSR count). The van der Waals surface area contributed by atoms with Gasteiger partial charge in [-0.05, 0) is 31.9 Å². The van der Waals surface area contributed by atoms with Gasteiger partial charge in [0.1, 0.15) is 5.75 Å². The SMILES string of the molecule is COc1cc(N)c(Cl)cc1C(=O)NC1CCN(CCCC(=O)N2CCCC2=O)CC1OC. The maximum atomic E-state index is 12.9. The van der Waals surface area contributed by atoms with Crippen LogP contribution in [0.2, 0.25) is 5.02 Å². The first kappa shape index (κ1) is 24.3. The van der Waals surface area contributed by atoms with Crippen molar-refractivity contribution in [2.24, 2.45) is 0 Å². The van der Waals surface area contributed by atoms with Gasteiger partial charge in [0.05, 0.1) is 35.5 Å². The number of carbonyl (C=O) groups excluding carboxylic acids is 3. The zero-order chi connectivity index (χ0) is 23.3. The van der Waals surface area contributed by atoms with E-state index in [0.29, 0.717) is 60.8 Å². The molecular weight excluding hydrogens is 436 g/mol. The predicted molar refractivity (Wildman–Crippen MR) is 121 cm³/mol. The van der Waals surface area contributed by atoms with Gasteiger partial charge in [0.2, 0.25) is 11.8 Å². The number of carbonyl (C=O) groups is 3. The number of imide groups is 1. The van der Waals surface area contributed by atoms with Crippen LogP contribution in [0.3, 0.4) is 0 Å². The van der Waals surface area contributed by atoms with Gasteiger partial charge in [-0.15, -0.1) is 0 Å². The summed E-state index contributed by atoms with van der Waals surface area (Å²) in [6, 6.07) is 2.86. The lowest BCUT2D eigenvalue weighted by molar-refractivity contribution is -0.141. The first-order chi connectivity index (χ1) is 15.3. The summed E-state index contributed by atoms with van der Waals surface area (Å²) in [7, 11) is 3.09. The van der Waals surface area contributed by atoms with E-state index in [1.165, 1.54) is 24.1 Å². The number of nitrogens with two attached hydrogens (primary N) is 1. The van der Waals surface area contributed by atoms with E-state index in [2.05, 4.69) is 10.2 Å². The van der Waals surface area contributed by atoms with Crippen LogP contribution in [0.4, 0.5) is 5.69 Å². The Morgan fingerprint density at radius 2 is 2.06 bits per heavy atom. The van der Waals surface area contributed by atoms with Crippen molar-refractivity contribution in [2.45, 2.75) is 44.2 Å². The Morgan fingerprint density at radius 1 is 1.28 bits per heavy atom. The first-order valence-corrected chi connectivity index (χ1v) is 11.2. The number of ether oxygens (including phenoxy) is 2. The topological polar surface area (TPSA) is 114 Å². The molecule has 0 aromatic heterocycles. The van der Waals surface area contributed by atoms with Crippen molar-refractivity contribution in [2.75, 3.05) is 46.1 Å². The maximum absolute atomic E-state index is 12.9. The summed E-state index contributed by atoms with van der Waals surface area (Å²) < 4.78 is 10.9. The molecule has 2 heterocycles. The van der Waals surface area contributed by atoms with Crippen molar-refractivity contribution in [3.63, 3.8) is 0 Å². The molecule has 10 heteroatoms. The summed E-state index contributed by atoms with van der Waals surface area (Å²) in [5.41, 5.74) is 6.46. The number of likely N-dealkylation sites (tertiary alicyclic amines) is 2. The minimum absolute atomic E-state index is 0.0648. The van der Waals surface area contributed by atoms with Crippen LogP contribution < -0.4 is 15.8 Å². The van der Waals surface area contributed by atoms with Crippen molar-refractivity contribution >= 4 is 35.0 Å². The Balaban J connectivity index is 1.51. The average Bonchev–Trinajstić information content (AvgIpc) is 3.21. The van der Waals surface area contributed by atoms with Gasteiger partial charge < -0.3 is 25.4 Å². The number of nitrogen functional groups attached to an aromatic ring is 1. The lowest BCUT2D eigenvalue weighted by Gasteiger charge is -2.38. The minimum Gasteiger partial charge on any atom is -0.496 e. The molecule has 2 aliphatic heterocycles. The highest BCUT2D eigenvalue weighted by Crippen LogP contribution is 2.29. The molecule has 3 N–H and O–H groups in total. The Kier molecular flexibility index (Phi) is 8.33.